The molecule has 4 nitrogen and oxygen atoms in total. The minimum Gasteiger partial charge on any atom is -0.459 e. The average molecular weight is 318 g/mol. The largest absolute Gasteiger partial charge is 0.459 e. The molecule has 2 rings (SSSR count). The number of carbonyl (C=O) groups excluding carboxylic acids is 2. The lowest BCUT2D eigenvalue weighted by molar-refractivity contribution is -0.180. The van der Waals surface area contributed by atoms with Crippen molar-refractivity contribution in [3.05, 3.63) is 35.9 Å². The van der Waals surface area contributed by atoms with Crippen LogP contribution < -0.4 is 0 Å². The van der Waals surface area contributed by atoms with Crippen LogP contribution in [0.1, 0.15) is 52.7 Å². The van der Waals surface area contributed by atoms with E-state index in [-0.39, 0.29) is 24.2 Å². The maximum atomic E-state index is 12.6. The molecule has 1 fully saturated rings. The van der Waals surface area contributed by atoms with Crippen LogP contribution in [0.5, 0.6) is 0 Å². The second-order valence-electron chi connectivity index (χ2n) is 7.43. The highest BCUT2D eigenvalue weighted by atomic mass is 16.6. The van der Waals surface area contributed by atoms with E-state index in [9.17, 15) is 9.59 Å². The van der Waals surface area contributed by atoms with E-state index in [2.05, 4.69) is 0 Å². The first-order valence-corrected chi connectivity index (χ1v) is 8.15. The molecule has 0 saturated carbocycles. The molecule has 1 aromatic rings. The van der Waals surface area contributed by atoms with Gasteiger partial charge in [-0.3, -0.25) is 9.59 Å². The molecule has 1 heterocycles. The summed E-state index contributed by atoms with van der Waals surface area (Å²) in [6, 6.07) is 9.67. The lowest BCUT2D eigenvalue weighted by Gasteiger charge is -2.37. The first-order chi connectivity index (χ1) is 10.7. The summed E-state index contributed by atoms with van der Waals surface area (Å²) in [6.07, 6.45) is -0.553. The van der Waals surface area contributed by atoms with E-state index in [0.29, 0.717) is 0 Å². The summed E-state index contributed by atoms with van der Waals surface area (Å²) in [5.74, 6) is -1.37. The van der Waals surface area contributed by atoms with Gasteiger partial charge in [0.05, 0.1) is 12.2 Å². The van der Waals surface area contributed by atoms with Crippen LogP contribution >= 0.6 is 0 Å². The minimum absolute atomic E-state index is 0.0444. The highest BCUT2D eigenvalue weighted by Crippen LogP contribution is 2.36. The number of carbonyl (C=O) groups is 2. The summed E-state index contributed by atoms with van der Waals surface area (Å²) in [7, 11) is 0. The highest BCUT2D eigenvalue weighted by Gasteiger charge is 2.45. The third kappa shape index (κ3) is 4.41. The Bertz CT molecular complexity index is 556. The summed E-state index contributed by atoms with van der Waals surface area (Å²) in [5, 5.41) is 0. The number of hydrogen-bond donors (Lipinski definition) is 0. The van der Waals surface area contributed by atoms with Crippen molar-refractivity contribution >= 4 is 11.8 Å². The predicted molar refractivity (Wildman–Crippen MR) is 87.9 cm³/mol. The van der Waals surface area contributed by atoms with Crippen molar-refractivity contribution in [3.63, 3.8) is 0 Å². The SMILES string of the molecule is CC(C)[C@@H]1O[C@H](c2ccccc2)CC(=O)[C@H]1C(=O)OC(C)(C)C. The monoisotopic (exact) mass is 318 g/mol. The molecule has 126 valence electrons. The normalized spacial score (nSPS) is 25.5. The van der Waals surface area contributed by atoms with Gasteiger partial charge in [0.15, 0.2) is 5.78 Å². The minimum atomic E-state index is -0.839. The van der Waals surface area contributed by atoms with Crippen molar-refractivity contribution in [1.82, 2.24) is 0 Å². The summed E-state index contributed by atoms with van der Waals surface area (Å²) < 4.78 is 11.6. The van der Waals surface area contributed by atoms with Crippen LogP contribution in [-0.4, -0.2) is 23.5 Å². The summed E-state index contributed by atoms with van der Waals surface area (Å²) in [6.45, 7) is 9.33. The van der Waals surface area contributed by atoms with Crippen molar-refractivity contribution < 1.29 is 19.1 Å². The first-order valence-electron chi connectivity index (χ1n) is 8.15. The van der Waals surface area contributed by atoms with Gasteiger partial charge in [-0.05, 0) is 32.3 Å². The van der Waals surface area contributed by atoms with Crippen LogP contribution in [0.15, 0.2) is 30.3 Å². The Kier molecular flexibility index (Phi) is 5.25. The van der Waals surface area contributed by atoms with Crippen LogP contribution in [0.3, 0.4) is 0 Å². The maximum absolute atomic E-state index is 12.6. The molecule has 0 spiro atoms. The summed E-state index contributed by atoms with van der Waals surface area (Å²) in [4.78, 5) is 25.1. The Balaban J connectivity index is 2.22. The Morgan fingerprint density at radius 1 is 1.22 bits per heavy atom. The molecule has 0 N–H and O–H groups in total. The van der Waals surface area contributed by atoms with Gasteiger partial charge in [0, 0.05) is 6.42 Å². The van der Waals surface area contributed by atoms with Gasteiger partial charge in [-0.15, -0.1) is 0 Å². The second kappa shape index (κ2) is 6.83. The van der Waals surface area contributed by atoms with Gasteiger partial charge in [-0.1, -0.05) is 44.2 Å². The molecule has 3 atom stereocenters. The van der Waals surface area contributed by atoms with E-state index in [4.69, 9.17) is 9.47 Å². The molecule has 1 saturated heterocycles. The van der Waals surface area contributed by atoms with Gasteiger partial charge in [-0.2, -0.15) is 0 Å². The van der Waals surface area contributed by atoms with Gasteiger partial charge in [0.25, 0.3) is 0 Å². The smallest absolute Gasteiger partial charge is 0.319 e. The number of rotatable bonds is 3. The van der Waals surface area contributed by atoms with E-state index in [1.165, 1.54) is 0 Å². The number of esters is 1. The number of Topliss-reactive ketones (excluding diaryl/α,β-unsaturated/α-hetero) is 1. The lowest BCUT2D eigenvalue weighted by atomic mass is 9.83. The van der Waals surface area contributed by atoms with E-state index < -0.39 is 23.6 Å². The fourth-order valence-corrected chi connectivity index (χ4v) is 2.85. The van der Waals surface area contributed by atoms with Gasteiger partial charge in [0.2, 0.25) is 0 Å². The second-order valence-corrected chi connectivity index (χ2v) is 7.43. The lowest BCUT2D eigenvalue weighted by Crippen LogP contribution is -2.47. The third-order valence-corrected chi connectivity index (χ3v) is 3.87. The number of ketones is 1. The Morgan fingerprint density at radius 3 is 2.35 bits per heavy atom. The molecule has 1 aliphatic heterocycles. The molecule has 4 heteroatoms. The molecule has 0 aromatic heterocycles. The molecule has 23 heavy (non-hydrogen) atoms. The van der Waals surface area contributed by atoms with E-state index in [1.54, 1.807) is 20.8 Å². The van der Waals surface area contributed by atoms with Crippen LogP contribution in [0.2, 0.25) is 0 Å². The van der Waals surface area contributed by atoms with Gasteiger partial charge < -0.3 is 9.47 Å². The van der Waals surface area contributed by atoms with Crippen LogP contribution in [0.4, 0.5) is 0 Å². The maximum Gasteiger partial charge on any atom is 0.319 e. The fraction of sp³-hybridized carbons (Fsp3) is 0.579. The fourth-order valence-electron chi connectivity index (χ4n) is 2.85. The summed E-state index contributed by atoms with van der Waals surface area (Å²) >= 11 is 0. The molecule has 0 aliphatic carbocycles. The molecule has 0 bridgehead atoms. The number of benzene rings is 1. The standard InChI is InChI=1S/C19H26O4/c1-12(2)17-16(18(21)23-19(3,4)5)14(20)11-15(22-17)13-9-7-6-8-10-13/h6-10,12,15-17H,11H2,1-5H3/t15-,16+,17-/m0/s1. The molecular weight excluding hydrogens is 292 g/mol. The molecule has 0 amide bonds. The molecular formula is C19H26O4. The Labute approximate surface area is 138 Å². The number of hydrogen-bond acceptors (Lipinski definition) is 4. The zero-order chi connectivity index (χ0) is 17.2. The van der Waals surface area contributed by atoms with Crippen LogP contribution in [0, 0.1) is 11.8 Å². The van der Waals surface area contributed by atoms with Crippen molar-refractivity contribution in [2.45, 2.75) is 58.8 Å². The molecule has 0 unspecified atom stereocenters. The van der Waals surface area contributed by atoms with Gasteiger partial charge in [0.1, 0.15) is 11.5 Å². The first kappa shape index (κ1) is 17.7. The summed E-state index contributed by atoms with van der Waals surface area (Å²) in [5.41, 5.74) is 0.351. The topological polar surface area (TPSA) is 52.6 Å². The van der Waals surface area contributed by atoms with Gasteiger partial charge >= 0.3 is 5.97 Å². The zero-order valence-electron chi connectivity index (χ0n) is 14.5. The zero-order valence-corrected chi connectivity index (χ0v) is 14.5. The predicted octanol–water partition coefficient (Wildman–Crippen LogP) is 3.70. The quantitative estimate of drug-likeness (QED) is 0.630. The van der Waals surface area contributed by atoms with Gasteiger partial charge in [-0.25, -0.2) is 0 Å². The average Bonchev–Trinajstić information content (AvgIpc) is 2.45. The van der Waals surface area contributed by atoms with E-state index in [0.717, 1.165) is 5.56 Å². The molecule has 0 radical (unpaired) electrons. The highest BCUT2D eigenvalue weighted by molar-refractivity contribution is 6.00. The van der Waals surface area contributed by atoms with Crippen molar-refractivity contribution in [2.24, 2.45) is 11.8 Å². The molecule has 1 aromatic carbocycles. The Hall–Kier alpha value is -1.68. The van der Waals surface area contributed by atoms with E-state index in [1.807, 2.05) is 44.2 Å². The van der Waals surface area contributed by atoms with Crippen molar-refractivity contribution in [1.29, 1.82) is 0 Å². The van der Waals surface area contributed by atoms with Crippen LogP contribution in [-0.2, 0) is 19.1 Å². The number of ether oxygens (including phenoxy) is 2. The van der Waals surface area contributed by atoms with Crippen molar-refractivity contribution in [2.75, 3.05) is 0 Å². The van der Waals surface area contributed by atoms with Crippen LogP contribution in [0.25, 0.3) is 0 Å². The molecule has 1 aliphatic rings. The Morgan fingerprint density at radius 2 is 1.83 bits per heavy atom. The van der Waals surface area contributed by atoms with Crippen molar-refractivity contribution in [3.8, 4) is 0 Å². The van der Waals surface area contributed by atoms with E-state index >= 15 is 0 Å². The third-order valence-electron chi connectivity index (χ3n) is 3.87.